The third kappa shape index (κ3) is 5.88. The lowest BCUT2D eigenvalue weighted by Gasteiger charge is -2.40. The van der Waals surface area contributed by atoms with Crippen LogP contribution in [0.4, 0.5) is 8.78 Å². The van der Waals surface area contributed by atoms with E-state index in [-0.39, 0.29) is 11.0 Å². The Morgan fingerprint density at radius 3 is 2.43 bits per heavy atom. The first-order valence-electron chi connectivity index (χ1n) is 10.0. The summed E-state index contributed by atoms with van der Waals surface area (Å²) >= 11 is 0. The summed E-state index contributed by atoms with van der Waals surface area (Å²) in [4.78, 5) is 6.57. The van der Waals surface area contributed by atoms with Gasteiger partial charge in [-0.2, -0.15) is 0 Å². The number of likely N-dealkylation sites (N-methyl/N-ethyl adjacent to an activating group) is 1. The first-order valence-corrected chi connectivity index (χ1v) is 10.0. The summed E-state index contributed by atoms with van der Waals surface area (Å²) in [6, 6.07) is 3.53. The lowest BCUT2D eigenvalue weighted by Crippen LogP contribution is -2.43. The second-order valence-electron chi connectivity index (χ2n) is 7.79. The number of ether oxygens (including phenoxy) is 1. The molecule has 0 saturated heterocycles. The van der Waals surface area contributed by atoms with Crippen LogP contribution in [-0.4, -0.2) is 58.3 Å². The highest BCUT2D eigenvalue weighted by Gasteiger charge is 2.36. The zero-order valence-electron chi connectivity index (χ0n) is 17.5. The number of rotatable bonds is 10. The lowest BCUT2D eigenvalue weighted by molar-refractivity contribution is 0.0778. The Morgan fingerprint density at radius 1 is 1.25 bits per heavy atom. The van der Waals surface area contributed by atoms with Gasteiger partial charge in [-0.15, -0.1) is 0 Å². The average Bonchev–Trinajstić information content (AvgIpc) is 2.62. The van der Waals surface area contributed by atoms with E-state index in [0.29, 0.717) is 12.5 Å². The maximum atomic E-state index is 14.3. The highest BCUT2D eigenvalue weighted by atomic mass is 19.1. The number of benzene rings is 1. The Balaban J connectivity index is 2.07. The summed E-state index contributed by atoms with van der Waals surface area (Å²) in [6.45, 7) is 4.54. The molecule has 7 heteroatoms. The monoisotopic (exact) mass is 396 g/mol. The molecule has 0 amide bonds. The topological polar surface area (TPSA) is 48.9 Å². The van der Waals surface area contributed by atoms with Crippen molar-refractivity contribution in [3.05, 3.63) is 35.4 Å². The quantitative estimate of drug-likeness (QED) is 0.471. The first-order chi connectivity index (χ1) is 13.4. The van der Waals surface area contributed by atoms with Crippen LogP contribution >= 0.6 is 0 Å². The van der Waals surface area contributed by atoms with Crippen molar-refractivity contribution >= 4 is 5.96 Å². The molecule has 0 aromatic heterocycles. The number of hydrogen-bond donors (Lipinski definition) is 2. The number of aliphatic imine (C=N–C) groups is 1. The van der Waals surface area contributed by atoms with E-state index in [0.717, 1.165) is 26.1 Å². The van der Waals surface area contributed by atoms with Gasteiger partial charge >= 0.3 is 0 Å². The van der Waals surface area contributed by atoms with E-state index < -0.39 is 17.7 Å². The van der Waals surface area contributed by atoms with Gasteiger partial charge in [-0.05, 0) is 57.8 Å². The first kappa shape index (κ1) is 22.6. The van der Waals surface area contributed by atoms with Crippen molar-refractivity contribution in [3.8, 4) is 0 Å². The van der Waals surface area contributed by atoms with E-state index in [1.54, 1.807) is 7.11 Å². The molecule has 0 aliphatic heterocycles. The van der Waals surface area contributed by atoms with Crippen LogP contribution in [0.15, 0.2) is 23.2 Å². The van der Waals surface area contributed by atoms with Gasteiger partial charge in [0.1, 0.15) is 11.6 Å². The van der Waals surface area contributed by atoms with Gasteiger partial charge in [0.15, 0.2) is 5.96 Å². The van der Waals surface area contributed by atoms with Gasteiger partial charge in [-0.3, -0.25) is 4.99 Å². The Bertz CT molecular complexity index is 627. The van der Waals surface area contributed by atoms with Crippen molar-refractivity contribution in [1.29, 1.82) is 0 Å². The summed E-state index contributed by atoms with van der Waals surface area (Å²) in [7, 11) is 5.36. The Kier molecular flexibility index (Phi) is 8.63. The van der Waals surface area contributed by atoms with Gasteiger partial charge < -0.3 is 20.3 Å². The standard InChI is InChI=1S/C21H34F2N4O/c1-5-24-20(26-15-21(10-7-11-21)12-13-28-4)25-14-18(27(2)3)19-16(22)8-6-9-17(19)23/h6,8-9,18H,5,7,10-15H2,1-4H3,(H2,24,25,26). The van der Waals surface area contributed by atoms with Crippen LogP contribution in [0.2, 0.25) is 0 Å². The molecule has 1 aliphatic rings. The third-order valence-corrected chi connectivity index (χ3v) is 5.59. The number of nitrogens with zero attached hydrogens (tertiary/aromatic N) is 2. The molecule has 0 heterocycles. The van der Waals surface area contributed by atoms with E-state index in [9.17, 15) is 8.78 Å². The minimum absolute atomic E-state index is 0.0754. The largest absolute Gasteiger partial charge is 0.385 e. The zero-order chi connectivity index (χ0) is 20.6. The fourth-order valence-corrected chi connectivity index (χ4v) is 3.64. The second kappa shape index (κ2) is 10.7. The molecular formula is C21H34F2N4O. The maximum Gasteiger partial charge on any atom is 0.191 e. The van der Waals surface area contributed by atoms with E-state index in [4.69, 9.17) is 9.73 Å². The molecule has 5 nitrogen and oxygen atoms in total. The number of methoxy groups -OCH3 is 1. The van der Waals surface area contributed by atoms with Crippen molar-refractivity contribution < 1.29 is 13.5 Å². The molecule has 0 bridgehead atoms. The van der Waals surface area contributed by atoms with E-state index in [1.165, 1.54) is 37.5 Å². The average molecular weight is 397 g/mol. The number of hydrogen-bond acceptors (Lipinski definition) is 3. The maximum absolute atomic E-state index is 14.3. The molecule has 158 valence electrons. The predicted molar refractivity (Wildman–Crippen MR) is 110 cm³/mol. The molecule has 0 spiro atoms. The minimum atomic E-state index is -0.532. The highest BCUT2D eigenvalue weighted by molar-refractivity contribution is 5.79. The smallest absolute Gasteiger partial charge is 0.191 e. The molecule has 1 saturated carbocycles. The van der Waals surface area contributed by atoms with Crippen LogP contribution in [0, 0.1) is 17.0 Å². The number of halogens is 2. The fourth-order valence-electron chi connectivity index (χ4n) is 3.64. The lowest BCUT2D eigenvalue weighted by atomic mass is 9.67. The number of guanidine groups is 1. The molecule has 1 atom stereocenters. The van der Waals surface area contributed by atoms with Gasteiger partial charge in [-0.1, -0.05) is 12.5 Å². The minimum Gasteiger partial charge on any atom is -0.385 e. The number of nitrogens with one attached hydrogen (secondary N) is 2. The van der Waals surface area contributed by atoms with E-state index in [1.807, 2.05) is 25.9 Å². The Morgan fingerprint density at radius 2 is 1.93 bits per heavy atom. The molecule has 28 heavy (non-hydrogen) atoms. The van der Waals surface area contributed by atoms with Gasteiger partial charge in [0, 0.05) is 38.9 Å². The summed E-state index contributed by atoms with van der Waals surface area (Å²) in [6.07, 6.45) is 4.58. The van der Waals surface area contributed by atoms with Gasteiger partial charge in [0.2, 0.25) is 0 Å². The SMILES string of the molecule is CCNC(=NCC1(CCOC)CCC1)NCC(c1c(F)cccc1F)N(C)C. The second-order valence-corrected chi connectivity index (χ2v) is 7.79. The molecule has 1 aromatic carbocycles. The van der Waals surface area contributed by atoms with E-state index in [2.05, 4.69) is 10.6 Å². The van der Waals surface area contributed by atoms with Gasteiger partial charge in [-0.25, -0.2) is 8.78 Å². The summed E-state index contributed by atoms with van der Waals surface area (Å²) in [5, 5.41) is 6.50. The van der Waals surface area contributed by atoms with Crippen molar-refractivity contribution in [1.82, 2.24) is 15.5 Å². The summed E-state index contributed by atoms with van der Waals surface area (Å²) in [5.41, 5.74) is 0.295. The molecule has 1 unspecified atom stereocenters. The Labute approximate surface area is 167 Å². The zero-order valence-corrected chi connectivity index (χ0v) is 17.5. The third-order valence-electron chi connectivity index (χ3n) is 5.59. The normalized spacial score (nSPS) is 17.3. The van der Waals surface area contributed by atoms with Crippen LogP contribution in [0.5, 0.6) is 0 Å². The van der Waals surface area contributed by atoms with Gasteiger partial charge in [0.05, 0.1) is 6.04 Å². The van der Waals surface area contributed by atoms with Crippen LogP contribution in [0.25, 0.3) is 0 Å². The van der Waals surface area contributed by atoms with Gasteiger partial charge in [0.25, 0.3) is 0 Å². The molecule has 2 N–H and O–H groups in total. The molecule has 2 rings (SSSR count). The highest BCUT2D eigenvalue weighted by Crippen LogP contribution is 2.44. The molecule has 1 aromatic rings. The van der Waals surface area contributed by atoms with E-state index >= 15 is 0 Å². The molecule has 0 radical (unpaired) electrons. The molecular weight excluding hydrogens is 362 g/mol. The summed E-state index contributed by atoms with van der Waals surface area (Å²) in [5.74, 6) is -0.388. The van der Waals surface area contributed by atoms with Crippen molar-refractivity contribution in [3.63, 3.8) is 0 Å². The van der Waals surface area contributed by atoms with Crippen LogP contribution in [-0.2, 0) is 4.74 Å². The predicted octanol–water partition coefficient (Wildman–Crippen LogP) is 3.33. The van der Waals surface area contributed by atoms with Crippen LogP contribution < -0.4 is 10.6 Å². The van der Waals surface area contributed by atoms with Crippen molar-refractivity contribution in [2.75, 3.05) is 47.4 Å². The Hall–Kier alpha value is -1.73. The molecule has 1 aliphatic carbocycles. The van der Waals surface area contributed by atoms with Crippen LogP contribution in [0.1, 0.15) is 44.2 Å². The van der Waals surface area contributed by atoms with Crippen molar-refractivity contribution in [2.24, 2.45) is 10.4 Å². The molecule has 1 fully saturated rings. The fraction of sp³-hybridized carbons (Fsp3) is 0.667. The van der Waals surface area contributed by atoms with Crippen molar-refractivity contribution in [2.45, 2.75) is 38.6 Å². The van der Waals surface area contributed by atoms with Crippen LogP contribution in [0.3, 0.4) is 0 Å². The summed E-state index contributed by atoms with van der Waals surface area (Å²) < 4.78 is 33.8.